The van der Waals surface area contributed by atoms with Crippen LogP contribution in [0.5, 0.6) is 0 Å². The van der Waals surface area contributed by atoms with Crippen LogP contribution < -0.4 is 0 Å². The molecule has 96 valence electrons. The van der Waals surface area contributed by atoms with Crippen molar-refractivity contribution in [1.29, 1.82) is 0 Å². The molecule has 0 aliphatic rings. The molecule has 0 atom stereocenters. The minimum Gasteiger partial charge on any atom is -0.275 e. The summed E-state index contributed by atoms with van der Waals surface area (Å²) in [5.41, 5.74) is 2.02. The molecule has 0 aliphatic carbocycles. The molecule has 0 fully saturated rings. The average molecular weight is 281 g/mol. The van der Waals surface area contributed by atoms with E-state index >= 15 is 0 Å². The molecular formula is C12H16N3OPS. The van der Waals surface area contributed by atoms with Gasteiger partial charge in [0.15, 0.2) is 8.46 Å². The van der Waals surface area contributed by atoms with Crippen molar-refractivity contribution in [1.82, 2.24) is 14.4 Å². The molecule has 0 amide bonds. The Morgan fingerprint density at radius 3 is 2.89 bits per heavy atom. The maximum Gasteiger partial charge on any atom is 0.155 e. The molecule has 18 heavy (non-hydrogen) atoms. The minimum absolute atomic E-state index is 0.275. The van der Waals surface area contributed by atoms with Crippen LogP contribution in [0.3, 0.4) is 0 Å². The molecule has 2 aromatic rings. The number of para-hydroxylation sites is 1. The summed E-state index contributed by atoms with van der Waals surface area (Å²) in [7, 11) is 0.275. The molecule has 0 spiro atoms. The van der Waals surface area contributed by atoms with Crippen LogP contribution >= 0.6 is 20.4 Å². The Morgan fingerprint density at radius 2 is 2.00 bits per heavy atom. The Balaban J connectivity index is 1.72. The molecule has 0 radical (unpaired) electrons. The summed E-state index contributed by atoms with van der Waals surface area (Å²) < 4.78 is 12.1. The lowest BCUT2D eigenvalue weighted by atomic mass is 10.2. The maximum atomic E-state index is 10.2. The van der Waals surface area contributed by atoms with Gasteiger partial charge in [-0.1, -0.05) is 30.2 Å². The zero-order chi connectivity index (χ0) is 12.6. The lowest BCUT2D eigenvalue weighted by Gasteiger charge is -2.01. The van der Waals surface area contributed by atoms with Crippen molar-refractivity contribution in [3.8, 4) is 0 Å². The van der Waals surface area contributed by atoms with Gasteiger partial charge in [0, 0.05) is 11.9 Å². The first kappa shape index (κ1) is 13.5. The van der Waals surface area contributed by atoms with Crippen molar-refractivity contribution in [2.24, 2.45) is 0 Å². The van der Waals surface area contributed by atoms with Crippen LogP contribution in [-0.4, -0.2) is 26.3 Å². The smallest absolute Gasteiger partial charge is 0.155 e. The van der Waals surface area contributed by atoms with Crippen LogP contribution in [0.4, 0.5) is 0 Å². The number of benzene rings is 1. The quantitative estimate of drug-likeness (QED) is 0.545. The van der Waals surface area contributed by atoms with Gasteiger partial charge in [-0.2, -0.15) is 4.09 Å². The SMILES string of the molecule is O=PCCCCCCSn1nnc2ccccc21. The van der Waals surface area contributed by atoms with Gasteiger partial charge in [-0.25, -0.2) is 0 Å². The van der Waals surface area contributed by atoms with Crippen LogP contribution in [0.1, 0.15) is 25.7 Å². The standard InChI is InChI=1S/C12H16N3OPS/c16-17-9-5-1-2-6-10-18-15-12-8-4-3-7-11(12)13-14-15/h3-4,7-8H,1-2,5-6,9-10H2. The number of aromatic nitrogens is 3. The van der Waals surface area contributed by atoms with Crippen LogP contribution in [-0.2, 0) is 4.57 Å². The first-order chi connectivity index (χ1) is 8.92. The first-order valence-corrected chi connectivity index (χ1v) is 8.08. The summed E-state index contributed by atoms with van der Waals surface area (Å²) in [5.74, 6) is 1.04. The molecule has 0 unspecified atom stereocenters. The van der Waals surface area contributed by atoms with E-state index in [-0.39, 0.29) is 8.46 Å². The molecule has 1 aromatic carbocycles. The van der Waals surface area contributed by atoms with Gasteiger partial charge in [0.1, 0.15) is 11.0 Å². The summed E-state index contributed by atoms with van der Waals surface area (Å²) in [6.45, 7) is 0. The van der Waals surface area contributed by atoms with E-state index in [1.54, 1.807) is 11.9 Å². The summed E-state index contributed by atoms with van der Waals surface area (Å²) in [5, 5.41) is 8.24. The summed E-state index contributed by atoms with van der Waals surface area (Å²) in [4.78, 5) is 0. The number of fused-ring (bicyclic) bond motifs is 1. The second-order valence-electron chi connectivity index (χ2n) is 4.05. The monoisotopic (exact) mass is 281 g/mol. The third kappa shape index (κ3) is 3.79. The second kappa shape index (κ2) is 7.49. The zero-order valence-corrected chi connectivity index (χ0v) is 11.9. The second-order valence-corrected chi connectivity index (χ2v) is 5.77. The Hall–Kier alpha value is -0.930. The Kier molecular flexibility index (Phi) is 5.62. The van der Waals surface area contributed by atoms with Crippen LogP contribution in [0.25, 0.3) is 11.0 Å². The molecule has 2 rings (SSSR count). The fourth-order valence-corrected chi connectivity index (χ4v) is 2.97. The number of nitrogens with zero attached hydrogens (tertiary/aromatic N) is 3. The highest BCUT2D eigenvalue weighted by molar-refractivity contribution is 7.97. The van der Waals surface area contributed by atoms with Crippen molar-refractivity contribution in [2.45, 2.75) is 25.7 Å². The molecule has 0 N–H and O–H groups in total. The van der Waals surface area contributed by atoms with Gasteiger partial charge < -0.3 is 0 Å². The molecule has 0 saturated heterocycles. The number of rotatable bonds is 8. The zero-order valence-electron chi connectivity index (χ0n) is 10.2. The van der Waals surface area contributed by atoms with Crippen molar-refractivity contribution in [3.05, 3.63) is 24.3 Å². The van der Waals surface area contributed by atoms with Gasteiger partial charge in [0.25, 0.3) is 0 Å². The van der Waals surface area contributed by atoms with E-state index in [4.69, 9.17) is 0 Å². The Morgan fingerprint density at radius 1 is 1.17 bits per heavy atom. The van der Waals surface area contributed by atoms with Gasteiger partial charge in [0.2, 0.25) is 0 Å². The predicted molar refractivity (Wildman–Crippen MR) is 76.3 cm³/mol. The van der Waals surface area contributed by atoms with Crippen LogP contribution in [0, 0.1) is 0 Å². The molecule has 1 aromatic heterocycles. The normalized spacial score (nSPS) is 11.3. The summed E-state index contributed by atoms with van der Waals surface area (Å²) >= 11 is 1.70. The third-order valence-electron chi connectivity index (χ3n) is 2.68. The van der Waals surface area contributed by atoms with Gasteiger partial charge in [-0.05, 0) is 36.9 Å². The van der Waals surface area contributed by atoms with E-state index in [9.17, 15) is 4.57 Å². The number of hydrogen-bond acceptors (Lipinski definition) is 4. The van der Waals surface area contributed by atoms with Crippen molar-refractivity contribution < 1.29 is 4.57 Å². The predicted octanol–water partition coefficient (Wildman–Crippen LogP) is 3.78. The van der Waals surface area contributed by atoms with E-state index in [1.807, 2.05) is 28.4 Å². The summed E-state index contributed by atoms with van der Waals surface area (Å²) in [6, 6.07) is 7.99. The first-order valence-electron chi connectivity index (χ1n) is 6.14. The van der Waals surface area contributed by atoms with E-state index in [2.05, 4.69) is 10.3 Å². The van der Waals surface area contributed by atoms with E-state index in [0.717, 1.165) is 42.2 Å². The molecule has 1 heterocycles. The Labute approximate surface area is 112 Å². The van der Waals surface area contributed by atoms with Gasteiger partial charge in [-0.3, -0.25) is 4.57 Å². The number of hydrogen-bond donors (Lipinski definition) is 0. The molecule has 4 nitrogen and oxygen atoms in total. The number of unbranched alkanes of at least 4 members (excludes halogenated alkanes) is 3. The molecule has 0 aliphatic heterocycles. The van der Waals surface area contributed by atoms with Gasteiger partial charge in [0.05, 0.1) is 0 Å². The minimum atomic E-state index is 0.275. The van der Waals surface area contributed by atoms with Crippen molar-refractivity contribution in [2.75, 3.05) is 11.9 Å². The molecular weight excluding hydrogens is 265 g/mol. The van der Waals surface area contributed by atoms with Gasteiger partial charge >= 0.3 is 0 Å². The highest BCUT2D eigenvalue weighted by Gasteiger charge is 2.03. The third-order valence-corrected chi connectivity index (χ3v) is 4.16. The fraction of sp³-hybridized carbons (Fsp3) is 0.500. The lowest BCUT2D eigenvalue weighted by Crippen LogP contribution is -1.92. The van der Waals surface area contributed by atoms with Crippen molar-refractivity contribution >= 4 is 31.4 Å². The fourth-order valence-electron chi connectivity index (χ4n) is 1.73. The molecule has 0 saturated carbocycles. The summed E-state index contributed by atoms with van der Waals surface area (Å²) in [6.07, 6.45) is 5.36. The van der Waals surface area contributed by atoms with E-state index in [0.29, 0.717) is 0 Å². The topological polar surface area (TPSA) is 47.8 Å². The molecule has 6 heteroatoms. The van der Waals surface area contributed by atoms with Crippen LogP contribution in [0.15, 0.2) is 24.3 Å². The Bertz CT molecular complexity index is 503. The van der Waals surface area contributed by atoms with E-state index in [1.165, 1.54) is 6.42 Å². The van der Waals surface area contributed by atoms with E-state index < -0.39 is 0 Å². The highest BCUT2D eigenvalue weighted by atomic mass is 32.2. The molecule has 0 bridgehead atoms. The van der Waals surface area contributed by atoms with Crippen LogP contribution in [0.2, 0.25) is 0 Å². The van der Waals surface area contributed by atoms with Gasteiger partial charge in [-0.15, -0.1) is 5.10 Å². The van der Waals surface area contributed by atoms with Crippen molar-refractivity contribution in [3.63, 3.8) is 0 Å². The maximum absolute atomic E-state index is 10.2. The lowest BCUT2D eigenvalue weighted by molar-refractivity contribution is 0.595. The largest absolute Gasteiger partial charge is 0.275 e. The average Bonchev–Trinajstić information content (AvgIpc) is 2.81. The highest BCUT2D eigenvalue weighted by Crippen LogP contribution is 2.17.